The second-order valence-corrected chi connectivity index (χ2v) is 5.72. The van der Waals surface area contributed by atoms with Crippen LogP contribution in [-0.4, -0.2) is 50.9 Å². The Hall–Kier alpha value is -0.620. The lowest BCUT2D eigenvalue weighted by Crippen LogP contribution is -2.42. The quantitative estimate of drug-likeness (QED) is 0.893. The van der Waals surface area contributed by atoms with E-state index < -0.39 is 0 Å². The predicted octanol–water partition coefficient (Wildman–Crippen LogP) is 1.66. The van der Waals surface area contributed by atoms with E-state index in [1.54, 1.807) is 0 Å². The molecule has 1 aromatic carbocycles. The molecule has 0 aromatic heterocycles. The van der Waals surface area contributed by atoms with Gasteiger partial charge in [0.25, 0.3) is 0 Å². The zero-order valence-corrected chi connectivity index (χ0v) is 12.9. The number of likely N-dealkylation sites (N-methyl/N-ethyl adjacent to an activating group) is 1. The van der Waals surface area contributed by atoms with Crippen molar-refractivity contribution in [2.45, 2.75) is 12.5 Å². The summed E-state index contributed by atoms with van der Waals surface area (Å²) in [5.41, 5.74) is 6.77. The van der Waals surface area contributed by atoms with Crippen molar-refractivity contribution in [1.82, 2.24) is 4.90 Å². The molecule has 0 amide bonds. The molecular weight excluding hydrogens is 308 g/mol. The van der Waals surface area contributed by atoms with Gasteiger partial charge >= 0.3 is 0 Å². The van der Waals surface area contributed by atoms with Crippen molar-refractivity contribution < 1.29 is 9.47 Å². The maximum Gasteiger partial charge on any atom is 0.133 e. The van der Waals surface area contributed by atoms with E-state index in [-0.39, 0.29) is 6.10 Å². The lowest BCUT2D eigenvalue weighted by atomic mass is 10.1. The molecule has 0 aliphatic carbocycles. The Bertz CT molecular complexity index is 414. The molecule has 1 aliphatic rings. The Morgan fingerprint density at radius 1 is 1.53 bits per heavy atom. The number of hydrogen-bond acceptors (Lipinski definition) is 4. The third-order valence-electron chi connectivity index (χ3n) is 3.20. The highest BCUT2D eigenvalue weighted by Gasteiger charge is 2.18. The fraction of sp³-hybridized carbons (Fsp3) is 0.571. The minimum atomic E-state index is 0.148. The van der Waals surface area contributed by atoms with Crippen molar-refractivity contribution in [3.8, 4) is 5.75 Å². The van der Waals surface area contributed by atoms with E-state index in [1.165, 1.54) is 5.56 Å². The maximum absolute atomic E-state index is 5.83. The minimum Gasteiger partial charge on any atom is -0.490 e. The fourth-order valence-corrected chi connectivity index (χ4v) is 2.67. The molecule has 1 aliphatic heterocycles. The average Bonchev–Trinajstić information content (AvgIpc) is 2.38. The topological polar surface area (TPSA) is 47.7 Å². The molecule has 2 N–H and O–H groups in total. The Kier molecular flexibility index (Phi) is 5.63. The molecule has 2 rings (SSSR count). The van der Waals surface area contributed by atoms with Crippen LogP contribution in [0.4, 0.5) is 0 Å². The zero-order valence-electron chi connectivity index (χ0n) is 11.3. The first kappa shape index (κ1) is 14.8. The Morgan fingerprint density at radius 3 is 3.05 bits per heavy atom. The van der Waals surface area contributed by atoms with Crippen molar-refractivity contribution in [3.05, 3.63) is 28.2 Å². The van der Waals surface area contributed by atoms with Crippen molar-refractivity contribution >= 4 is 15.9 Å². The van der Waals surface area contributed by atoms with Crippen LogP contribution in [0.2, 0.25) is 0 Å². The van der Waals surface area contributed by atoms with E-state index in [9.17, 15) is 0 Å². The van der Waals surface area contributed by atoms with Gasteiger partial charge in [-0.05, 0) is 53.6 Å². The maximum atomic E-state index is 5.83. The van der Waals surface area contributed by atoms with E-state index in [0.29, 0.717) is 13.2 Å². The van der Waals surface area contributed by atoms with Gasteiger partial charge in [0.15, 0.2) is 0 Å². The summed E-state index contributed by atoms with van der Waals surface area (Å²) < 4.78 is 12.5. The number of nitrogens with zero attached hydrogens (tertiary/aromatic N) is 1. The first-order valence-corrected chi connectivity index (χ1v) is 7.40. The molecule has 1 fully saturated rings. The smallest absolute Gasteiger partial charge is 0.133 e. The molecule has 1 aromatic rings. The van der Waals surface area contributed by atoms with Crippen molar-refractivity contribution in [2.24, 2.45) is 5.73 Å². The first-order chi connectivity index (χ1) is 9.19. The summed E-state index contributed by atoms with van der Waals surface area (Å²) in [5.74, 6) is 0.859. The van der Waals surface area contributed by atoms with Crippen LogP contribution in [0.15, 0.2) is 22.7 Å². The van der Waals surface area contributed by atoms with E-state index in [4.69, 9.17) is 15.2 Å². The lowest BCUT2D eigenvalue weighted by molar-refractivity contribution is -0.0404. The molecule has 0 radical (unpaired) electrons. The molecule has 0 spiro atoms. The van der Waals surface area contributed by atoms with Crippen molar-refractivity contribution in [3.63, 3.8) is 0 Å². The van der Waals surface area contributed by atoms with Gasteiger partial charge in [-0.15, -0.1) is 0 Å². The number of rotatable bonds is 5. The van der Waals surface area contributed by atoms with E-state index >= 15 is 0 Å². The SMILES string of the molecule is CN1CCOC(COc2ccc(CCN)cc2Br)C1. The summed E-state index contributed by atoms with van der Waals surface area (Å²) in [6, 6.07) is 6.11. The summed E-state index contributed by atoms with van der Waals surface area (Å²) in [7, 11) is 2.10. The van der Waals surface area contributed by atoms with Gasteiger partial charge in [0.05, 0.1) is 11.1 Å². The molecule has 0 saturated carbocycles. The van der Waals surface area contributed by atoms with Gasteiger partial charge in [-0.3, -0.25) is 0 Å². The van der Waals surface area contributed by atoms with E-state index in [0.717, 1.165) is 36.3 Å². The van der Waals surface area contributed by atoms with E-state index in [2.05, 4.69) is 40.0 Å². The van der Waals surface area contributed by atoms with Crippen molar-refractivity contribution in [2.75, 3.05) is 39.9 Å². The molecule has 19 heavy (non-hydrogen) atoms. The van der Waals surface area contributed by atoms with Gasteiger partial charge in [-0.25, -0.2) is 0 Å². The van der Waals surface area contributed by atoms with Crippen LogP contribution < -0.4 is 10.5 Å². The summed E-state index contributed by atoms with van der Waals surface area (Å²) in [6.07, 6.45) is 1.03. The number of halogens is 1. The molecule has 1 atom stereocenters. The number of benzene rings is 1. The van der Waals surface area contributed by atoms with Gasteiger partial charge in [0, 0.05) is 13.1 Å². The third-order valence-corrected chi connectivity index (χ3v) is 3.82. The second-order valence-electron chi connectivity index (χ2n) is 4.87. The Balaban J connectivity index is 1.88. The highest BCUT2D eigenvalue weighted by molar-refractivity contribution is 9.10. The highest BCUT2D eigenvalue weighted by Crippen LogP contribution is 2.26. The lowest BCUT2D eigenvalue weighted by Gasteiger charge is -2.29. The number of ether oxygens (including phenoxy) is 2. The monoisotopic (exact) mass is 328 g/mol. The molecule has 106 valence electrons. The first-order valence-electron chi connectivity index (χ1n) is 6.60. The second kappa shape index (κ2) is 7.24. The summed E-state index contributed by atoms with van der Waals surface area (Å²) >= 11 is 3.54. The summed E-state index contributed by atoms with van der Waals surface area (Å²) in [5, 5.41) is 0. The largest absolute Gasteiger partial charge is 0.490 e. The average molecular weight is 329 g/mol. The number of nitrogens with two attached hydrogens (primary N) is 1. The summed E-state index contributed by atoms with van der Waals surface area (Å²) in [6.45, 7) is 3.94. The van der Waals surface area contributed by atoms with Crippen LogP contribution in [0.25, 0.3) is 0 Å². The standard InChI is InChI=1S/C14H21BrN2O2/c1-17-6-7-18-12(9-17)10-19-14-3-2-11(4-5-16)8-13(14)15/h2-3,8,12H,4-7,9-10,16H2,1H3. The van der Waals surface area contributed by atoms with Crippen LogP contribution in [0.3, 0.4) is 0 Å². The summed E-state index contributed by atoms with van der Waals surface area (Å²) in [4.78, 5) is 2.26. The van der Waals surface area contributed by atoms with Gasteiger partial charge in [-0.1, -0.05) is 6.07 Å². The van der Waals surface area contributed by atoms with Gasteiger partial charge in [0.1, 0.15) is 18.5 Å². The normalized spacial score (nSPS) is 20.5. The highest BCUT2D eigenvalue weighted by atomic mass is 79.9. The Labute approximate surface area is 123 Å². The molecule has 5 heteroatoms. The van der Waals surface area contributed by atoms with Gasteiger partial charge < -0.3 is 20.1 Å². The van der Waals surface area contributed by atoms with Crippen LogP contribution in [0.1, 0.15) is 5.56 Å². The molecule has 1 unspecified atom stereocenters. The van der Waals surface area contributed by atoms with Crippen molar-refractivity contribution in [1.29, 1.82) is 0 Å². The fourth-order valence-electron chi connectivity index (χ4n) is 2.13. The van der Waals surface area contributed by atoms with E-state index in [1.807, 2.05) is 6.07 Å². The molecule has 1 saturated heterocycles. The molecule has 1 heterocycles. The number of hydrogen-bond donors (Lipinski definition) is 1. The molecule has 0 bridgehead atoms. The molecule has 4 nitrogen and oxygen atoms in total. The Morgan fingerprint density at radius 2 is 2.37 bits per heavy atom. The third kappa shape index (κ3) is 4.45. The predicted molar refractivity (Wildman–Crippen MR) is 79.6 cm³/mol. The zero-order chi connectivity index (χ0) is 13.7. The molecular formula is C14H21BrN2O2. The van der Waals surface area contributed by atoms with Crippen LogP contribution >= 0.6 is 15.9 Å². The van der Waals surface area contributed by atoms with Gasteiger partial charge in [0.2, 0.25) is 0 Å². The van der Waals surface area contributed by atoms with Crippen LogP contribution in [-0.2, 0) is 11.2 Å². The van der Waals surface area contributed by atoms with Crippen LogP contribution in [0, 0.1) is 0 Å². The van der Waals surface area contributed by atoms with Gasteiger partial charge in [-0.2, -0.15) is 0 Å². The number of morpholine rings is 1. The van der Waals surface area contributed by atoms with Crippen LogP contribution in [0.5, 0.6) is 5.75 Å². The minimum absolute atomic E-state index is 0.148.